The van der Waals surface area contributed by atoms with Crippen molar-refractivity contribution in [2.45, 2.75) is 6.92 Å². The van der Waals surface area contributed by atoms with Gasteiger partial charge in [0.2, 0.25) is 0 Å². The van der Waals surface area contributed by atoms with E-state index < -0.39 is 0 Å². The molecule has 27 heavy (non-hydrogen) atoms. The molecule has 0 spiro atoms. The number of thiocarbonyl (C=S) groups is 1. The van der Waals surface area contributed by atoms with E-state index in [1.165, 1.54) is 11.3 Å². The minimum atomic E-state index is -0.352. The number of ether oxygens (including phenoxy) is 3. The summed E-state index contributed by atoms with van der Waals surface area (Å²) in [5, 5.41) is 3.81. The van der Waals surface area contributed by atoms with Crippen molar-refractivity contribution in [2.24, 2.45) is 0 Å². The lowest BCUT2D eigenvalue weighted by Crippen LogP contribution is -2.43. The van der Waals surface area contributed by atoms with Gasteiger partial charge in [0.25, 0.3) is 0 Å². The van der Waals surface area contributed by atoms with Crippen molar-refractivity contribution in [1.29, 1.82) is 0 Å². The molecule has 0 saturated carbocycles. The summed E-state index contributed by atoms with van der Waals surface area (Å²) in [6.07, 6.45) is 0. The monoisotopic (exact) mass is 406 g/mol. The van der Waals surface area contributed by atoms with Crippen LogP contribution in [0.25, 0.3) is 10.4 Å². The van der Waals surface area contributed by atoms with Gasteiger partial charge < -0.3 is 24.4 Å². The molecule has 2 aromatic rings. The summed E-state index contributed by atoms with van der Waals surface area (Å²) in [4.78, 5) is 15.9. The fourth-order valence-corrected chi connectivity index (χ4v) is 4.00. The number of carbonyl (C=O) groups excluding carboxylic acids is 1. The lowest BCUT2D eigenvalue weighted by atomic mass is 10.2. The highest BCUT2D eigenvalue weighted by molar-refractivity contribution is 7.80. The highest BCUT2D eigenvalue weighted by Crippen LogP contribution is 2.36. The Kier molecular flexibility index (Phi) is 6.65. The van der Waals surface area contributed by atoms with E-state index in [2.05, 4.69) is 5.32 Å². The van der Waals surface area contributed by atoms with E-state index in [4.69, 9.17) is 26.4 Å². The molecule has 1 fully saturated rings. The first kappa shape index (κ1) is 19.6. The molecular weight excluding hydrogens is 384 g/mol. The zero-order valence-electron chi connectivity index (χ0n) is 15.3. The van der Waals surface area contributed by atoms with Gasteiger partial charge in [-0.2, -0.15) is 0 Å². The maximum Gasteiger partial charge on any atom is 0.350 e. The van der Waals surface area contributed by atoms with Gasteiger partial charge in [-0.05, 0) is 55.0 Å². The molecule has 1 aromatic heterocycles. The minimum absolute atomic E-state index is 0.321. The van der Waals surface area contributed by atoms with Gasteiger partial charge in [0, 0.05) is 18.0 Å². The number of carbonyl (C=O) groups is 1. The van der Waals surface area contributed by atoms with Crippen molar-refractivity contribution in [3.05, 3.63) is 35.2 Å². The van der Waals surface area contributed by atoms with Crippen molar-refractivity contribution < 1.29 is 19.0 Å². The Hall–Kier alpha value is -2.16. The molecule has 0 aliphatic carbocycles. The quantitative estimate of drug-likeness (QED) is 0.601. The normalized spacial score (nSPS) is 13.9. The highest BCUT2D eigenvalue weighted by Gasteiger charge is 2.21. The molecule has 1 saturated heterocycles. The molecule has 1 N–H and O–H groups in total. The van der Waals surface area contributed by atoms with Crippen molar-refractivity contribution in [1.82, 2.24) is 4.90 Å². The molecule has 1 aliphatic heterocycles. The maximum absolute atomic E-state index is 12.4. The van der Waals surface area contributed by atoms with E-state index in [1.807, 2.05) is 35.2 Å². The SMILES string of the molecule is CCOC(=O)c1sc(-c2ccc(OC)cc2)cc1NC(=S)N1CCOCC1. The molecule has 8 heteroatoms. The third-order valence-corrected chi connectivity index (χ3v) is 5.63. The number of benzene rings is 1. The first-order chi connectivity index (χ1) is 13.1. The van der Waals surface area contributed by atoms with E-state index in [9.17, 15) is 4.79 Å². The van der Waals surface area contributed by atoms with Crippen LogP contribution in [-0.2, 0) is 9.47 Å². The lowest BCUT2D eigenvalue weighted by molar-refractivity contribution is 0.0533. The Morgan fingerprint density at radius 1 is 1.30 bits per heavy atom. The third kappa shape index (κ3) is 4.77. The molecule has 0 bridgehead atoms. The van der Waals surface area contributed by atoms with Crippen molar-refractivity contribution in [3.8, 4) is 16.2 Å². The summed E-state index contributed by atoms with van der Waals surface area (Å²) in [6.45, 7) is 4.87. The van der Waals surface area contributed by atoms with Gasteiger partial charge in [-0.1, -0.05) is 0 Å². The van der Waals surface area contributed by atoms with Crippen molar-refractivity contribution in [2.75, 3.05) is 45.3 Å². The predicted octanol–water partition coefficient (Wildman–Crippen LogP) is 3.63. The molecule has 3 rings (SSSR count). The zero-order chi connectivity index (χ0) is 19.2. The van der Waals surface area contributed by atoms with Gasteiger partial charge in [-0.25, -0.2) is 4.79 Å². The smallest absolute Gasteiger partial charge is 0.350 e. The van der Waals surface area contributed by atoms with Gasteiger partial charge in [0.05, 0.1) is 32.6 Å². The predicted molar refractivity (Wildman–Crippen MR) is 111 cm³/mol. The molecule has 1 aliphatic rings. The topological polar surface area (TPSA) is 60.0 Å². The summed E-state index contributed by atoms with van der Waals surface area (Å²) < 4.78 is 15.8. The van der Waals surface area contributed by atoms with E-state index in [1.54, 1.807) is 14.0 Å². The molecule has 1 aromatic carbocycles. The van der Waals surface area contributed by atoms with E-state index in [0.717, 1.165) is 29.3 Å². The van der Waals surface area contributed by atoms with Gasteiger partial charge in [-0.15, -0.1) is 11.3 Å². The summed E-state index contributed by atoms with van der Waals surface area (Å²) in [5.74, 6) is 0.433. The lowest BCUT2D eigenvalue weighted by Gasteiger charge is -2.29. The van der Waals surface area contributed by atoms with E-state index in [-0.39, 0.29) is 5.97 Å². The summed E-state index contributed by atoms with van der Waals surface area (Å²) in [5.41, 5.74) is 1.66. The Morgan fingerprint density at radius 3 is 2.63 bits per heavy atom. The molecule has 0 amide bonds. The molecule has 0 unspecified atom stereocenters. The average Bonchev–Trinajstić information content (AvgIpc) is 3.12. The molecule has 6 nitrogen and oxygen atoms in total. The van der Waals surface area contributed by atoms with Crippen LogP contribution in [0.4, 0.5) is 5.69 Å². The first-order valence-electron chi connectivity index (χ1n) is 8.71. The number of nitrogens with zero attached hydrogens (tertiary/aromatic N) is 1. The Morgan fingerprint density at radius 2 is 2.00 bits per heavy atom. The second-order valence-electron chi connectivity index (χ2n) is 5.83. The van der Waals surface area contributed by atoms with Gasteiger partial charge >= 0.3 is 5.97 Å². The van der Waals surface area contributed by atoms with Gasteiger partial charge in [0.1, 0.15) is 10.6 Å². The van der Waals surface area contributed by atoms with Crippen molar-refractivity contribution >= 4 is 40.3 Å². The number of morpholine rings is 1. The van der Waals surface area contributed by atoms with Crippen LogP contribution in [-0.4, -0.2) is 56.0 Å². The third-order valence-electron chi connectivity index (χ3n) is 4.11. The standard InChI is InChI=1S/C19H22N2O4S2/c1-3-25-18(22)17-15(20-19(26)21-8-10-24-11-9-21)12-16(27-17)13-4-6-14(23-2)7-5-13/h4-7,12H,3,8-11H2,1-2H3,(H,20,26). The second-order valence-corrected chi connectivity index (χ2v) is 7.27. The number of anilines is 1. The molecule has 0 radical (unpaired) electrons. The van der Waals surface area contributed by atoms with Crippen LogP contribution in [0.5, 0.6) is 5.75 Å². The molecule has 144 valence electrons. The summed E-state index contributed by atoms with van der Waals surface area (Å²) in [6, 6.07) is 9.65. The Labute approximate surface area is 168 Å². The highest BCUT2D eigenvalue weighted by atomic mass is 32.1. The average molecular weight is 407 g/mol. The number of hydrogen-bond donors (Lipinski definition) is 1. The molecular formula is C19H22N2O4S2. The number of hydrogen-bond acceptors (Lipinski definition) is 6. The fourth-order valence-electron chi connectivity index (χ4n) is 2.69. The largest absolute Gasteiger partial charge is 0.497 e. The first-order valence-corrected chi connectivity index (χ1v) is 9.94. The van der Waals surface area contributed by atoms with Gasteiger partial charge in [0.15, 0.2) is 5.11 Å². The number of thiophene rings is 1. The van der Waals surface area contributed by atoms with E-state index >= 15 is 0 Å². The van der Waals surface area contributed by atoms with Crippen LogP contribution in [0.3, 0.4) is 0 Å². The van der Waals surface area contributed by atoms with Crippen LogP contribution < -0.4 is 10.1 Å². The van der Waals surface area contributed by atoms with Crippen LogP contribution >= 0.6 is 23.6 Å². The Balaban J connectivity index is 1.86. The number of nitrogens with one attached hydrogen (secondary N) is 1. The van der Waals surface area contributed by atoms with Crippen LogP contribution in [0.1, 0.15) is 16.6 Å². The summed E-state index contributed by atoms with van der Waals surface area (Å²) >= 11 is 6.90. The minimum Gasteiger partial charge on any atom is -0.497 e. The number of esters is 1. The van der Waals surface area contributed by atoms with Crippen LogP contribution in [0, 0.1) is 0 Å². The molecule has 2 heterocycles. The van der Waals surface area contributed by atoms with E-state index in [0.29, 0.717) is 35.5 Å². The fraction of sp³-hybridized carbons (Fsp3) is 0.368. The van der Waals surface area contributed by atoms with Crippen LogP contribution in [0.15, 0.2) is 30.3 Å². The maximum atomic E-state index is 12.4. The molecule has 0 atom stereocenters. The second kappa shape index (κ2) is 9.16. The zero-order valence-corrected chi connectivity index (χ0v) is 17.0. The summed E-state index contributed by atoms with van der Waals surface area (Å²) in [7, 11) is 1.63. The van der Waals surface area contributed by atoms with Crippen molar-refractivity contribution in [3.63, 3.8) is 0 Å². The number of methoxy groups -OCH3 is 1. The number of rotatable bonds is 5. The van der Waals surface area contributed by atoms with Crippen LogP contribution in [0.2, 0.25) is 0 Å². The Bertz CT molecular complexity index is 799. The van der Waals surface area contributed by atoms with Gasteiger partial charge in [-0.3, -0.25) is 0 Å².